The Morgan fingerprint density at radius 3 is 2.44 bits per heavy atom. The molecule has 18 heavy (non-hydrogen) atoms. The largest absolute Gasteiger partial charge is 0.461 e. The minimum Gasteiger partial charge on any atom is -0.461 e. The second kappa shape index (κ2) is 5.27. The molecular weight excluding hydrogens is 242 g/mol. The van der Waals surface area contributed by atoms with Gasteiger partial charge < -0.3 is 9.84 Å². The summed E-state index contributed by atoms with van der Waals surface area (Å²) >= 11 is 0. The summed E-state index contributed by atoms with van der Waals surface area (Å²) in [5.74, 6) is -5.89. The number of rotatable bonds is 5. The zero-order chi connectivity index (χ0) is 13.8. The van der Waals surface area contributed by atoms with Gasteiger partial charge >= 0.3 is 11.9 Å². The summed E-state index contributed by atoms with van der Waals surface area (Å²) in [4.78, 5) is 11.3. The van der Waals surface area contributed by atoms with Gasteiger partial charge in [0.15, 0.2) is 5.60 Å². The van der Waals surface area contributed by atoms with E-state index in [-0.39, 0.29) is 12.2 Å². The van der Waals surface area contributed by atoms with Gasteiger partial charge in [-0.3, -0.25) is 0 Å². The Morgan fingerprint density at radius 2 is 2.00 bits per heavy atom. The van der Waals surface area contributed by atoms with E-state index in [1.807, 2.05) is 0 Å². The Balaban J connectivity index is 3.23. The van der Waals surface area contributed by atoms with Crippen molar-refractivity contribution in [2.45, 2.75) is 18.4 Å². The molecule has 98 valence electrons. The molecule has 1 atom stereocenters. The summed E-state index contributed by atoms with van der Waals surface area (Å²) in [7, 11) is 0. The summed E-state index contributed by atoms with van der Waals surface area (Å²) in [6, 6.07) is 7.13. The second-order valence-electron chi connectivity index (χ2n) is 3.63. The van der Waals surface area contributed by atoms with Crippen LogP contribution >= 0.6 is 0 Å². The number of esters is 1. The Labute approximate surface area is 104 Å². The van der Waals surface area contributed by atoms with Crippen molar-refractivity contribution >= 4 is 5.97 Å². The van der Waals surface area contributed by atoms with Gasteiger partial charge in [0.25, 0.3) is 0 Å². The SMILES string of the molecule is C=CC(O)(c1ccccc1)C(F)(F)C(=O)OCC. The van der Waals surface area contributed by atoms with Crippen LogP contribution in [0.2, 0.25) is 0 Å². The van der Waals surface area contributed by atoms with E-state index >= 15 is 0 Å². The number of alkyl halides is 2. The molecule has 0 saturated carbocycles. The van der Waals surface area contributed by atoms with Crippen LogP contribution in [-0.4, -0.2) is 23.6 Å². The van der Waals surface area contributed by atoms with Crippen LogP contribution < -0.4 is 0 Å². The quantitative estimate of drug-likeness (QED) is 0.649. The van der Waals surface area contributed by atoms with Crippen LogP contribution in [0.1, 0.15) is 12.5 Å². The van der Waals surface area contributed by atoms with E-state index in [0.29, 0.717) is 6.08 Å². The standard InChI is InChI=1S/C13H14F2O3/c1-3-12(17,10-8-6-5-7-9-10)13(14,15)11(16)18-4-2/h3,5-9,17H,1,4H2,2H3. The molecule has 0 radical (unpaired) electrons. The van der Waals surface area contributed by atoms with Crippen LogP contribution in [0.15, 0.2) is 43.0 Å². The van der Waals surface area contributed by atoms with Gasteiger partial charge in [0, 0.05) is 0 Å². The van der Waals surface area contributed by atoms with E-state index < -0.39 is 17.5 Å². The minimum absolute atomic E-state index is 0.127. The van der Waals surface area contributed by atoms with Gasteiger partial charge in [-0.2, -0.15) is 8.78 Å². The van der Waals surface area contributed by atoms with Crippen molar-refractivity contribution in [2.24, 2.45) is 0 Å². The molecule has 0 amide bonds. The van der Waals surface area contributed by atoms with Crippen molar-refractivity contribution < 1.29 is 23.4 Å². The van der Waals surface area contributed by atoms with E-state index in [2.05, 4.69) is 11.3 Å². The average molecular weight is 256 g/mol. The summed E-state index contributed by atoms with van der Waals surface area (Å²) in [6.07, 6.45) is 0.638. The lowest BCUT2D eigenvalue weighted by molar-refractivity contribution is -0.204. The molecule has 1 aromatic carbocycles. The van der Waals surface area contributed by atoms with E-state index in [4.69, 9.17) is 0 Å². The molecule has 1 rings (SSSR count). The van der Waals surface area contributed by atoms with Crippen molar-refractivity contribution in [3.05, 3.63) is 48.6 Å². The highest BCUT2D eigenvalue weighted by atomic mass is 19.3. The van der Waals surface area contributed by atoms with Gasteiger partial charge in [0.1, 0.15) is 0 Å². The first-order chi connectivity index (χ1) is 8.40. The Hall–Kier alpha value is -1.75. The highest BCUT2D eigenvalue weighted by Gasteiger charge is 2.59. The normalized spacial score (nSPS) is 14.7. The van der Waals surface area contributed by atoms with E-state index in [9.17, 15) is 18.7 Å². The molecule has 0 fully saturated rings. The molecule has 1 unspecified atom stereocenters. The number of halogens is 2. The third-order valence-electron chi connectivity index (χ3n) is 2.52. The van der Waals surface area contributed by atoms with Crippen LogP contribution in [0.5, 0.6) is 0 Å². The van der Waals surface area contributed by atoms with Crippen molar-refractivity contribution in [1.29, 1.82) is 0 Å². The zero-order valence-corrected chi connectivity index (χ0v) is 9.90. The number of aliphatic hydroxyl groups is 1. The van der Waals surface area contributed by atoms with Gasteiger partial charge in [-0.25, -0.2) is 4.79 Å². The third-order valence-corrected chi connectivity index (χ3v) is 2.52. The molecule has 1 N–H and O–H groups in total. The summed E-state index contributed by atoms with van der Waals surface area (Å²) in [6.45, 7) is 4.39. The van der Waals surface area contributed by atoms with Crippen LogP contribution in [0.4, 0.5) is 8.78 Å². The van der Waals surface area contributed by atoms with Crippen LogP contribution in [0.25, 0.3) is 0 Å². The lowest BCUT2D eigenvalue weighted by Crippen LogP contribution is -2.50. The molecular formula is C13H14F2O3. The molecule has 0 bridgehead atoms. The molecule has 0 aliphatic carbocycles. The van der Waals surface area contributed by atoms with Crippen LogP contribution in [0, 0.1) is 0 Å². The molecule has 1 aromatic rings. The van der Waals surface area contributed by atoms with E-state index in [1.165, 1.54) is 31.2 Å². The van der Waals surface area contributed by atoms with Gasteiger partial charge in [0.05, 0.1) is 6.61 Å². The molecule has 3 nitrogen and oxygen atoms in total. The maximum Gasteiger partial charge on any atom is 0.380 e. The molecule has 0 saturated heterocycles. The Kier molecular flexibility index (Phi) is 4.19. The van der Waals surface area contributed by atoms with Crippen molar-refractivity contribution in [3.8, 4) is 0 Å². The van der Waals surface area contributed by atoms with Crippen LogP contribution in [-0.2, 0) is 15.1 Å². The van der Waals surface area contributed by atoms with Crippen molar-refractivity contribution in [3.63, 3.8) is 0 Å². The molecule has 0 aliphatic heterocycles. The van der Waals surface area contributed by atoms with E-state index in [0.717, 1.165) is 0 Å². The number of hydrogen-bond acceptors (Lipinski definition) is 3. The van der Waals surface area contributed by atoms with Crippen LogP contribution in [0.3, 0.4) is 0 Å². The monoisotopic (exact) mass is 256 g/mol. The predicted octanol–water partition coefficient (Wildman–Crippen LogP) is 2.26. The topological polar surface area (TPSA) is 46.5 Å². The van der Waals surface area contributed by atoms with Crippen molar-refractivity contribution in [2.75, 3.05) is 6.61 Å². The highest BCUT2D eigenvalue weighted by Crippen LogP contribution is 2.39. The fraction of sp³-hybridized carbons (Fsp3) is 0.308. The number of hydrogen-bond donors (Lipinski definition) is 1. The molecule has 0 spiro atoms. The van der Waals surface area contributed by atoms with E-state index in [1.54, 1.807) is 6.07 Å². The fourth-order valence-electron chi connectivity index (χ4n) is 1.50. The fourth-order valence-corrected chi connectivity index (χ4v) is 1.50. The lowest BCUT2D eigenvalue weighted by Gasteiger charge is -2.31. The lowest BCUT2D eigenvalue weighted by atomic mass is 9.87. The Bertz CT molecular complexity index is 431. The number of carbonyl (C=O) groups is 1. The molecule has 0 aliphatic rings. The number of benzene rings is 1. The molecule has 0 heterocycles. The summed E-state index contributed by atoms with van der Waals surface area (Å²) in [5, 5.41) is 10.0. The summed E-state index contributed by atoms with van der Waals surface area (Å²) in [5.41, 5.74) is -2.92. The average Bonchev–Trinajstić information content (AvgIpc) is 2.38. The smallest absolute Gasteiger partial charge is 0.380 e. The molecule has 0 aromatic heterocycles. The first-order valence-corrected chi connectivity index (χ1v) is 5.36. The predicted molar refractivity (Wildman–Crippen MR) is 62.1 cm³/mol. The first-order valence-electron chi connectivity index (χ1n) is 5.36. The number of ether oxygens (including phenoxy) is 1. The third kappa shape index (κ3) is 2.26. The molecule has 5 heteroatoms. The summed E-state index contributed by atoms with van der Waals surface area (Å²) < 4.78 is 32.2. The minimum atomic E-state index is -4.11. The maximum absolute atomic E-state index is 13.9. The zero-order valence-electron chi connectivity index (χ0n) is 9.90. The second-order valence-corrected chi connectivity index (χ2v) is 3.63. The van der Waals surface area contributed by atoms with Gasteiger partial charge in [-0.1, -0.05) is 36.9 Å². The number of carbonyl (C=O) groups excluding carboxylic acids is 1. The maximum atomic E-state index is 13.9. The Morgan fingerprint density at radius 1 is 1.44 bits per heavy atom. The first kappa shape index (κ1) is 14.3. The highest BCUT2D eigenvalue weighted by molar-refractivity contribution is 5.80. The van der Waals surface area contributed by atoms with Gasteiger partial charge in [-0.05, 0) is 18.6 Å². The van der Waals surface area contributed by atoms with Gasteiger partial charge in [0.2, 0.25) is 0 Å². The van der Waals surface area contributed by atoms with Gasteiger partial charge in [-0.15, -0.1) is 0 Å². The van der Waals surface area contributed by atoms with Crippen molar-refractivity contribution in [1.82, 2.24) is 0 Å².